The van der Waals surface area contributed by atoms with Crippen molar-refractivity contribution < 1.29 is 9.50 Å². The second-order valence-corrected chi connectivity index (χ2v) is 6.05. The summed E-state index contributed by atoms with van der Waals surface area (Å²) >= 11 is 0. The minimum atomic E-state index is -0.633. The monoisotopic (exact) mass is 272 g/mol. The molecule has 0 heterocycles. The molecule has 0 aliphatic rings. The smallest absolute Gasteiger partial charge is 0.123 e. The van der Waals surface area contributed by atoms with Crippen LogP contribution in [0.15, 0.2) is 42.5 Å². The maximum Gasteiger partial charge on any atom is 0.123 e. The van der Waals surface area contributed by atoms with Gasteiger partial charge in [0.15, 0.2) is 0 Å². The summed E-state index contributed by atoms with van der Waals surface area (Å²) in [7, 11) is 0. The normalized spacial score (nSPS) is 13.3. The number of aryl methyl sites for hydroxylation is 2. The molecule has 20 heavy (non-hydrogen) atoms. The Bertz CT molecular complexity index is 579. The molecule has 2 rings (SSSR count). The molecule has 1 nitrogen and oxygen atoms in total. The number of rotatable bonds is 3. The minimum Gasteiger partial charge on any atom is -0.388 e. The third kappa shape index (κ3) is 2.91. The second-order valence-electron chi connectivity index (χ2n) is 6.05. The van der Waals surface area contributed by atoms with Crippen molar-refractivity contribution in [1.82, 2.24) is 0 Å². The first-order chi connectivity index (χ1) is 9.30. The molecule has 106 valence electrons. The zero-order valence-corrected chi connectivity index (χ0v) is 12.4. The molecule has 0 amide bonds. The first-order valence-corrected chi connectivity index (χ1v) is 6.83. The molecule has 1 N–H and O–H groups in total. The first-order valence-electron chi connectivity index (χ1n) is 6.83. The highest BCUT2D eigenvalue weighted by Gasteiger charge is 2.31. The largest absolute Gasteiger partial charge is 0.388 e. The van der Waals surface area contributed by atoms with Crippen molar-refractivity contribution in [2.75, 3.05) is 0 Å². The van der Waals surface area contributed by atoms with Crippen LogP contribution in [-0.2, 0) is 5.41 Å². The van der Waals surface area contributed by atoms with E-state index in [9.17, 15) is 9.50 Å². The molecule has 2 aromatic rings. The van der Waals surface area contributed by atoms with E-state index < -0.39 is 11.5 Å². The van der Waals surface area contributed by atoms with Crippen LogP contribution in [0.5, 0.6) is 0 Å². The van der Waals surface area contributed by atoms with E-state index in [1.165, 1.54) is 12.1 Å². The van der Waals surface area contributed by atoms with E-state index in [1.54, 1.807) is 12.1 Å². The molecule has 0 radical (unpaired) electrons. The predicted octanol–water partition coefficient (Wildman–Crippen LogP) is 4.45. The van der Waals surface area contributed by atoms with E-state index in [1.807, 2.05) is 39.8 Å². The van der Waals surface area contributed by atoms with Gasteiger partial charge in [0.05, 0.1) is 6.10 Å². The number of halogens is 1. The highest BCUT2D eigenvalue weighted by Crippen LogP contribution is 2.37. The summed E-state index contributed by atoms with van der Waals surface area (Å²) in [6.07, 6.45) is -0.633. The Kier molecular flexibility index (Phi) is 3.96. The summed E-state index contributed by atoms with van der Waals surface area (Å²) < 4.78 is 13.0. The average molecular weight is 272 g/mol. The molecule has 1 atom stereocenters. The number of aliphatic hydroxyl groups is 1. The number of hydrogen-bond acceptors (Lipinski definition) is 1. The Morgan fingerprint density at radius 3 is 1.95 bits per heavy atom. The van der Waals surface area contributed by atoms with Gasteiger partial charge in [0.1, 0.15) is 5.82 Å². The van der Waals surface area contributed by atoms with E-state index in [2.05, 4.69) is 6.07 Å². The van der Waals surface area contributed by atoms with Gasteiger partial charge in [-0.25, -0.2) is 4.39 Å². The highest BCUT2D eigenvalue weighted by atomic mass is 19.1. The Morgan fingerprint density at radius 1 is 0.950 bits per heavy atom. The van der Waals surface area contributed by atoms with E-state index in [0.29, 0.717) is 0 Å². The van der Waals surface area contributed by atoms with E-state index in [4.69, 9.17) is 0 Å². The maximum atomic E-state index is 13.0. The van der Waals surface area contributed by atoms with Gasteiger partial charge in [-0.2, -0.15) is 0 Å². The first kappa shape index (κ1) is 14.7. The molecule has 2 aromatic carbocycles. The van der Waals surface area contributed by atoms with Gasteiger partial charge in [0, 0.05) is 5.41 Å². The van der Waals surface area contributed by atoms with Crippen LogP contribution in [0.1, 0.15) is 42.2 Å². The van der Waals surface area contributed by atoms with Gasteiger partial charge in [0.2, 0.25) is 0 Å². The van der Waals surface area contributed by atoms with E-state index >= 15 is 0 Å². The number of hydrogen-bond donors (Lipinski definition) is 1. The third-order valence-electron chi connectivity index (χ3n) is 3.83. The fourth-order valence-corrected chi connectivity index (χ4v) is 2.62. The van der Waals surface area contributed by atoms with Crippen molar-refractivity contribution >= 4 is 0 Å². The molecule has 0 aromatic heterocycles. The minimum absolute atomic E-state index is 0.259. The summed E-state index contributed by atoms with van der Waals surface area (Å²) in [6.45, 7) is 7.99. The highest BCUT2D eigenvalue weighted by molar-refractivity contribution is 5.35. The van der Waals surface area contributed by atoms with Crippen LogP contribution >= 0.6 is 0 Å². The predicted molar refractivity (Wildman–Crippen MR) is 80.3 cm³/mol. The molecule has 0 aliphatic carbocycles. The van der Waals surface area contributed by atoms with Crippen molar-refractivity contribution in [2.24, 2.45) is 0 Å². The Hall–Kier alpha value is -1.67. The Balaban J connectivity index is 2.39. The van der Waals surface area contributed by atoms with Gasteiger partial charge in [0.25, 0.3) is 0 Å². The molecule has 0 spiro atoms. The van der Waals surface area contributed by atoms with Crippen LogP contribution in [0.4, 0.5) is 4.39 Å². The van der Waals surface area contributed by atoms with Crippen molar-refractivity contribution in [2.45, 2.75) is 39.2 Å². The third-order valence-corrected chi connectivity index (χ3v) is 3.83. The summed E-state index contributed by atoms with van der Waals surface area (Å²) in [5.74, 6) is -0.259. The summed E-state index contributed by atoms with van der Waals surface area (Å²) in [4.78, 5) is 0. The number of benzene rings is 2. The van der Waals surface area contributed by atoms with Gasteiger partial charge in [-0.15, -0.1) is 0 Å². The van der Waals surface area contributed by atoms with Crippen LogP contribution in [0, 0.1) is 19.7 Å². The van der Waals surface area contributed by atoms with Crippen LogP contribution in [0.3, 0.4) is 0 Å². The van der Waals surface area contributed by atoms with E-state index in [0.717, 1.165) is 22.3 Å². The fourth-order valence-electron chi connectivity index (χ4n) is 2.62. The molecule has 0 saturated heterocycles. The molecule has 0 bridgehead atoms. The van der Waals surface area contributed by atoms with Crippen molar-refractivity contribution in [1.29, 1.82) is 0 Å². The molecular formula is C18H21FO. The molecular weight excluding hydrogens is 251 g/mol. The summed E-state index contributed by atoms with van der Waals surface area (Å²) in [5, 5.41) is 10.7. The van der Waals surface area contributed by atoms with Crippen molar-refractivity contribution in [3.8, 4) is 0 Å². The van der Waals surface area contributed by atoms with Crippen LogP contribution in [0.25, 0.3) is 0 Å². The van der Waals surface area contributed by atoms with Gasteiger partial charge in [-0.05, 0) is 37.1 Å². The lowest BCUT2D eigenvalue weighted by Gasteiger charge is -2.32. The number of aliphatic hydroxyl groups excluding tert-OH is 1. The lowest BCUT2D eigenvalue weighted by Crippen LogP contribution is -2.27. The SMILES string of the molecule is Cc1cc(C)cc(C(O)C(C)(C)c2ccc(F)cc2)c1. The summed E-state index contributed by atoms with van der Waals surface area (Å²) in [6, 6.07) is 12.4. The van der Waals surface area contributed by atoms with Gasteiger partial charge in [-0.1, -0.05) is 55.3 Å². The Labute approximate surface area is 120 Å². The fraction of sp³-hybridized carbons (Fsp3) is 0.333. The quantitative estimate of drug-likeness (QED) is 0.875. The molecule has 0 aliphatic heterocycles. The lowest BCUT2D eigenvalue weighted by atomic mass is 9.76. The van der Waals surface area contributed by atoms with Crippen LogP contribution in [0.2, 0.25) is 0 Å². The van der Waals surface area contributed by atoms with Crippen molar-refractivity contribution in [3.63, 3.8) is 0 Å². The maximum absolute atomic E-state index is 13.0. The van der Waals surface area contributed by atoms with Crippen LogP contribution < -0.4 is 0 Å². The molecule has 2 heteroatoms. The van der Waals surface area contributed by atoms with Gasteiger partial charge in [-0.3, -0.25) is 0 Å². The topological polar surface area (TPSA) is 20.2 Å². The standard InChI is InChI=1S/C18H21FO/c1-12-9-13(2)11-14(10-12)17(20)18(3,4)15-5-7-16(19)8-6-15/h5-11,17,20H,1-4H3. The zero-order valence-electron chi connectivity index (χ0n) is 12.4. The lowest BCUT2D eigenvalue weighted by molar-refractivity contribution is 0.100. The van der Waals surface area contributed by atoms with Gasteiger partial charge >= 0.3 is 0 Å². The molecule has 0 saturated carbocycles. The van der Waals surface area contributed by atoms with Gasteiger partial charge < -0.3 is 5.11 Å². The van der Waals surface area contributed by atoms with E-state index in [-0.39, 0.29) is 5.82 Å². The summed E-state index contributed by atoms with van der Waals surface area (Å²) in [5.41, 5.74) is 3.61. The van der Waals surface area contributed by atoms with Crippen molar-refractivity contribution in [3.05, 3.63) is 70.5 Å². The molecule has 0 fully saturated rings. The zero-order chi connectivity index (χ0) is 14.9. The molecule has 1 unspecified atom stereocenters. The average Bonchev–Trinajstić information content (AvgIpc) is 2.37. The van der Waals surface area contributed by atoms with Crippen LogP contribution in [-0.4, -0.2) is 5.11 Å². The second kappa shape index (κ2) is 5.37. The Morgan fingerprint density at radius 2 is 1.45 bits per heavy atom.